The summed E-state index contributed by atoms with van der Waals surface area (Å²) in [4.78, 5) is 17.3. The van der Waals surface area contributed by atoms with Crippen molar-refractivity contribution in [3.63, 3.8) is 0 Å². The van der Waals surface area contributed by atoms with E-state index < -0.39 is 0 Å². The number of piperazine rings is 1. The molecule has 114 valence electrons. The van der Waals surface area contributed by atoms with E-state index in [0.29, 0.717) is 0 Å². The van der Waals surface area contributed by atoms with Gasteiger partial charge in [0.05, 0.1) is 5.69 Å². The predicted molar refractivity (Wildman–Crippen MR) is 92.9 cm³/mol. The van der Waals surface area contributed by atoms with E-state index in [2.05, 4.69) is 35.0 Å². The van der Waals surface area contributed by atoms with Crippen molar-refractivity contribution < 1.29 is 4.79 Å². The minimum Gasteiger partial charge on any atom is -0.368 e. The lowest BCUT2D eigenvalue weighted by Crippen LogP contribution is -2.50. The smallest absolute Gasteiger partial charge is 0.321 e. The summed E-state index contributed by atoms with van der Waals surface area (Å²) in [6.45, 7) is 3.13. The number of nitrogens with one attached hydrogen (secondary N) is 1. The number of benzene rings is 2. The molecule has 5 heteroatoms. The normalized spacial score (nSPS) is 14.8. The molecule has 0 atom stereocenters. The average molecular weight is 313 g/mol. The number of hydrogen-bond acceptors (Lipinski definition) is 3. The molecular formula is C17H19N3OS. The molecule has 1 N–H and O–H groups in total. The highest BCUT2D eigenvalue weighted by Crippen LogP contribution is 2.20. The Kier molecular flexibility index (Phi) is 4.53. The maximum absolute atomic E-state index is 12.3. The zero-order valence-electron chi connectivity index (χ0n) is 12.3. The quantitative estimate of drug-likeness (QED) is 0.834. The number of urea groups is 1. The molecule has 4 nitrogen and oxygen atoms in total. The number of nitrogens with zero attached hydrogens (tertiary/aromatic N) is 2. The third-order valence-electron chi connectivity index (χ3n) is 3.83. The fourth-order valence-corrected chi connectivity index (χ4v) is 2.80. The molecule has 2 aromatic carbocycles. The van der Waals surface area contributed by atoms with Gasteiger partial charge >= 0.3 is 6.03 Å². The van der Waals surface area contributed by atoms with Gasteiger partial charge in [0.15, 0.2) is 0 Å². The third-order valence-corrected chi connectivity index (χ3v) is 4.22. The zero-order chi connectivity index (χ0) is 15.4. The number of thiol groups is 1. The van der Waals surface area contributed by atoms with E-state index in [9.17, 15) is 4.79 Å². The van der Waals surface area contributed by atoms with Crippen molar-refractivity contribution in [2.45, 2.75) is 4.90 Å². The van der Waals surface area contributed by atoms with Crippen molar-refractivity contribution in [2.75, 3.05) is 36.4 Å². The van der Waals surface area contributed by atoms with E-state index in [0.717, 1.165) is 36.8 Å². The summed E-state index contributed by atoms with van der Waals surface area (Å²) < 4.78 is 0. The van der Waals surface area contributed by atoms with Crippen molar-refractivity contribution >= 4 is 30.0 Å². The van der Waals surface area contributed by atoms with Crippen molar-refractivity contribution in [2.24, 2.45) is 0 Å². The van der Waals surface area contributed by atoms with Crippen LogP contribution in [0.25, 0.3) is 0 Å². The summed E-state index contributed by atoms with van der Waals surface area (Å²) in [5, 5.41) is 2.93. The second-order valence-electron chi connectivity index (χ2n) is 5.26. The third kappa shape index (κ3) is 3.36. The molecule has 0 aromatic heterocycles. The fraction of sp³-hybridized carbons (Fsp3) is 0.235. The molecule has 0 spiro atoms. The molecule has 1 aliphatic rings. The Hall–Kier alpha value is -2.14. The molecule has 22 heavy (non-hydrogen) atoms. The van der Waals surface area contributed by atoms with Crippen LogP contribution in [0.1, 0.15) is 0 Å². The second kappa shape index (κ2) is 6.75. The van der Waals surface area contributed by atoms with E-state index >= 15 is 0 Å². The van der Waals surface area contributed by atoms with Gasteiger partial charge in [-0.15, -0.1) is 12.6 Å². The van der Waals surface area contributed by atoms with Gasteiger partial charge < -0.3 is 15.1 Å². The molecule has 2 aromatic rings. The van der Waals surface area contributed by atoms with Gasteiger partial charge in [-0.05, 0) is 24.3 Å². The summed E-state index contributed by atoms with van der Waals surface area (Å²) in [7, 11) is 0. The molecule has 1 heterocycles. The van der Waals surface area contributed by atoms with Crippen LogP contribution < -0.4 is 10.2 Å². The lowest BCUT2D eigenvalue weighted by Gasteiger charge is -2.36. The van der Waals surface area contributed by atoms with Crippen molar-refractivity contribution in [3.8, 4) is 0 Å². The number of rotatable bonds is 2. The summed E-state index contributed by atoms with van der Waals surface area (Å²) in [6, 6.07) is 17.8. The zero-order valence-corrected chi connectivity index (χ0v) is 13.2. The van der Waals surface area contributed by atoms with Crippen LogP contribution in [0.2, 0.25) is 0 Å². The van der Waals surface area contributed by atoms with Crippen LogP contribution in [0.4, 0.5) is 16.2 Å². The Morgan fingerprint density at radius 3 is 2.23 bits per heavy atom. The Bertz CT molecular complexity index is 639. The first-order valence-electron chi connectivity index (χ1n) is 7.38. The van der Waals surface area contributed by atoms with Gasteiger partial charge in [-0.1, -0.05) is 30.3 Å². The Balaban J connectivity index is 1.57. The Morgan fingerprint density at radius 2 is 1.55 bits per heavy atom. The number of anilines is 2. The van der Waals surface area contributed by atoms with Crippen LogP contribution in [0.5, 0.6) is 0 Å². The van der Waals surface area contributed by atoms with Crippen LogP contribution in [0, 0.1) is 0 Å². The first kappa shape index (κ1) is 14.8. The predicted octanol–water partition coefficient (Wildman–Crippen LogP) is 3.33. The maximum Gasteiger partial charge on any atom is 0.321 e. The number of hydrogen-bond donors (Lipinski definition) is 2. The molecule has 2 amide bonds. The standard InChI is InChI=1S/C17H19N3OS/c21-17(18-15-8-4-5-9-16(15)22)20-12-10-19(11-13-20)14-6-2-1-3-7-14/h1-9,22H,10-13H2,(H,18,21). The molecule has 1 aliphatic heterocycles. The van der Waals surface area contributed by atoms with Gasteiger partial charge in [-0.2, -0.15) is 0 Å². The second-order valence-corrected chi connectivity index (χ2v) is 5.74. The molecule has 0 unspecified atom stereocenters. The molecule has 0 bridgehead atoms. The van der Waals surface area contributed by atoms with E-state index in [1.807, 2.05) is 47.4 Å². The molecule has 0 aliphatic carbocycles. The Labute approximate surface area is 136 Å². The fourth-order valence-electron chi connectivity index (χ4n) is 2.58. The van der Waals surface area contributed by atoms with Crippen LogP contribution >= 0.6 is 12.6 Å². The molecule has 0 radical (unpaired) electrons. The van der Waals surface area contributed by atoms with Crippen molar-refractivity contribution in [1.82, 2.24) is 4.90 Å². The molecule has 0 saturated carbocycles. The van der Waals surface area contributed by atoms with Gasteiger partial charge in [-0.25, -0.2) is 4.79 Å². The van der Waals surface area contributed by atoms with Gasteiger partial charge in [-0.3, -0.25) is 0 Å². The van der Waals surface area contributed by atoms with Gasteiger partial charge in [0, 0.05) is 36.8 Å². The summed E-state index contributed by atoms with van der Waals surface area (Å²) >= 11 is 4.36. The van der Waals surface area contributed by atoms with E-state index in [1.165, 1.54) is 5.69 Å². The van der Waals surface area contributed by atoms with Crippen LogP contribution in [-0.2, 0) is 0 Å². The van der Waals surface area contributed by atoms with Crippen molar-refractivity contribution in [1.29, 1.82) is 0 Å². The lowest BCUT2D eigenvalue weighted by atomic mass is 10.2. The maximum atomic E-state index is 12.3. The van der Waals surface area contributed by atoms with Crippen LogP contribution in [0.15, 0.2) is 59.5 Å². The highest BCUT2D eigenvalue weighted by molar-refractivity contribution is 7.80. The van der Waals surface area contributed by atoms with E-state index in [-0.39, 0.29) is 6.03 Å². The largest absolute Gasteiger partial charge is 0.368 e. The summed E-state index contributed by atoms with van der Waals surface area (Å²) in [6.07, 6.45) is 0. The minimum absolute atomic E-state index is 0.0609. The SMILES string of the molecule is O=C(Nc1ccccc1S)N1CCN(c2ccccc2)CC1. The molecule has 1 saturated heterocycles. The lowest BCUT2D eigenvalue weighted by molar-refractivity contribution is 0.208. The average Bonchev–Trinajstić information content (AvgIpc) is 2.58. The molecule has 3 rings (SSSR count). The number of amides is 2. The monoisotopic (exact) mass is 313 g/mol. The van der Waals surface area contributed by atoms with Gasteiger partial charge in [0.25, 0.3) is 0 Å². The highest BCUT2D eigenvalue weighted by atomic mass is 32.1. The Morgan fingerprint density at radius 1 is 0.909 bits per heavy atom. The summed E-state index contributed by atoms with van der Waals surface area (Å²) in [5.74, 6) is 0. The van der Waals surface area contributed by atoms with Crippen molar-refractivity contribution in [3.05, 3.63) is 54.6 Å². The van der Waals surface area contributed by atoms with Crippen LogP contribution in [0.3, 0.4) is 0 Å². The first-order chi connectivity index (χ1) is 10.7. The number of carbonyl (C=O) groups is 1. The summed E-state index contributed by atoms with van der Waals surface area (Å²) in [5.41, 5.74) is 1.96. The van der Waals surface area contributed by atoms with Gasteiger partial charge in [0.1, 0.15) is 0 Å². The minimum atomic E-state index is -0.0609. The molecular weight excluding hydrogens is 294 g/mol. The molecule has 1 fully saturated rings. The topological polar surface area (TPSA) is 35.6 Å². The van der Waals surface area contributed by atoms with Gasteiger partial charge in [0.2, 0.25) is 0 Å². The van der Waals surface area contributed by atoms with E-state index in [4.69, 9.17) is 0 Å². The first-order valence-corrected chi connectivity index (χ1v) is 7.83. The number of para-hydroxylation sites is 2. The van der Waals surface area contributed by atoms with E-state index in [1.54, 1.807) is 0 Å². The van der Waals surface area contributed by atoms with Crippen LogP contribution in [-0.4, -0.2) is 37.1 Å². The number of carbonyl (C=O) groups excluding carboxylic acids is 1. The highest BCUT2D eigenvalue weighted by Gasteiger charge is 2.21.